The maximum Gasteiger partial charge on any atom is 0.315 e. The minimum Gasteiger partial charge on any atom is -0.372 e. The fourth-order valence-corrected chi connectivity index (χ4v) is 3.64. The topological polar surface area (TPSA) is 69.7 Å². The number of pyridine rings is 1. The van der Waals surface area contributed by atoms with Gasteiger partial charge >= 0.3 is 6.03 Å². The summed E-state index contributed by atoms with van der Waals surface area (Å²) in [6.45, 7) is 8.45. The van der Waals surface area contributed by atoms with Gasteiger partial charge in [0.1, 0.15) is 5.82 Å². The molecule has 2 N–H and O–H groups in total. The highest BCUT2D eigenvalue weighted by Gasteiger charge is 2.23. The van der Waals surface area contributed by atoms with E-state index >= 15 is 0 Å². The lowest BCUT2D eigenvalue weighted by molar-refractivity contribution is -0.00546. The smallest absolute Gasteiger partial charge is 0.315 e. The second-order valence-corrected chi connectivity index (χ2v) is 7.59. The molecule has 2 aliphatic heterocycles. The van der Waals surface area contributed by atoms with Crippen LogP contribution in [0.4, 0.5) is 10.6 Å². The molecule has 26 heavy (non-hydrogen) atoms. The third-order valence-electron chi connectivity index (χ3n) is 5.06. The van der Waals surface area contributed by atoms with Gasteiger partial charge in [0.05, 0.1) is 12.2 Å². The number of hydrogen-bond acceptors (Lipinski definition) is 5. The Morgan fingerprint density at radius 3 is 2.54 bits per heavy atom. The summed E-state index contributed by atoms with van der Waals surface area (Å²) in [7, 11) is 2.12. The Balaban J connectivity index is 1.44. The molecule has 7 heteroatoms. The first-order valence-electron chi connectivity index (χ1n) is 9.58. The number of carbonyl (C=O) groups excluding carboxylic acids is 1. The van der Waals surface area contributed by atoms with Crippen LogP contribution in [0.15, 0.2) is 18.3 Å². The third kappa shape index (κ3) is 5.32. The Morgan fingerprint density at radius 1 is 1.23 bits per heavy atom. The van der Waals surface area contributed by atoms with Gasteiger partial charge in [-0.25, -0.2) is 9.78 Å². The standard InChI is InChI=1S/C19H31N5O2/c1-14-12-24(13-15(2)26-14)18-5-4-16(10-20-18)11-21-19(25)22-17-6-8-23(3)9-7-17/h4-5,10,14-15,17H,6-9,11-13H2,1-3H3,(H2,21,22,25). The summed E-state index contributed by atoms with van der Waals surface area (Å²) >= 11 is 0. The number of urea groups is 1. The number of aromatic nitrogens is 1. The minimum absolute atomic E-state index is 0.0977. The predicted molar refractivity (Wildman–Crippen MR) is 102 cm³/mol. The van der Waals surface area contributed by atoms with Gasteiger partial charge in [-0.05, 0) is 58.5 Å². The summed E-state index contributed by atoms with van der Waals surface area (Å²) in [5.74, 6) is 0.964. The minimum atomic E-state index is -0.0977. The molecule has 1 aromatic rings. The molecule has 2 fully saturated rings. The molecule has 2 saturated heterocycles. The van der Waals surface area contributed by atoms with E-state index in [9.17, 15) is 4.79 Å². The SMILES string of the molecule is CC1CN(c2ccc(CNC(=O)NC3CCN(C)CC3)cn2)CC(C)O1. The summed E-state index contributed by atoms with van der Waals surface area (Å²) in [5, 5.41) is 6.00. The van der Waals surface area contributed by atoms with E-state index in [4.69, 9.17) is 4.74 Å². The molecule has 0 spiro atoms. The van der Waals surface area contributed by atoms with Gasteiger partial charge in [-0.3, -0.25) is 0 Å². The normalized spacial score (nSPS) is 25.1. The lowest BCUT2D eigenvalue weighted by Gasteiger charge is -2.36. The number of morpholine rings is 1. The van der Waals surface area contributed by atoms with Crippen molar-refractivity contribution < 1.29 is 9.53 Å². The Hall–Kier alpha value is -1.86. The first kappa shape index (κ1) is 18.9. The Bertz CT molecular complexity index is 576. The van der Waals surface area contributed by atoms with Crippen molar-refractivity contribution in [1.82, 2.24) is 20.5 Å². The van der Waals surface area contributed by atoms with Crippen molar-refractivity contribution in [2.75, 3.05) is 38.1 Å². The molecular formula is C19H31N5O2. The highest BCUT2D eigenvalue weighted by Crippen LogP contribution is 2.18. The molecule has 0 radical (unpaired) electrons. The predicted octanol–water partition coefficient (Wildman–Crippen LogP) is 1.59. The van der Waals surface area contributed by atoms with Crippen LogP contribution in [0.3, 0.4) is 0 Å². The number of carbonyl (C=O) groups is 1. The van der Waals surface area contributed by atoms with Crippen LogP contribution in [0.25, 0.3) is 0 Å². The van der Waals surface area contributed by atoms with Gasteiger partial charge < -0.3 is 25.2 Å². The summed E-state index contributed by atoms with van der Waals surface area (Å²) in [6, 6.07) is 4.23. The molecule has 0 bridgehead atoms. The average molecular weight is 361 g/mol. The van der Waals surface area contributed by atoms with E-state index in [0.717, 1.165) is 50.4 Å². The van der Waals surface area contributed by atoms with E-state index in [1.165, 1.54) is 0 Å². The van der Waals surface area contributed by atoms with Crippen LogP contribution in [0, 0.1) is 0 Å². The number of nitrogens with one attached hydrogen (secondary N) is 2. The van der Waals surface area contributed by atoms with Gasteiger partial charge in [-0.2, -0.15) is 0 Å². The molecule has 0 aromatic carbocycles. The van der Waals surface area contributed by atoms with E-state index in [1.54, 1.807) is 0 Å². The van der Waals surface area contributed by atoms with Crippen LogP contribution in [0.1, 0.15) is 32.3 Å². The van der Waals surface area contributed by atoms with Crippen molar-refractivity contribution in [2.24, 2.45) is 0 Å². The van der Waals surface area contributed by atoms with Crippen molar-refractivity contribution in [3.8, 4) is 0 Å². The number of anilines is 1. The van der Waals surface area contributed by atoms with Crippen molar-refractivity contribution in [1.29, 1.82) is 0 Å². The van der Waals surface area contributed by atoms with Gasteiger partial charge in [0.25, 0.3) is 0 Å². The third-order valence-corrected chi connectivity index (χ3v) is 5.06. The maximum atomic E-state index is 12.1. The Labute approximate surface area is 156 Å². The first-order valence-corrected chi connectivity index (χ1v) is 9.58. The average Bonchev–Trinajstić information content (AvgIpc) is 2.61. The van der Waals surface area contributed by atoms with Crippen molar-refractivity contribution in [3.05, 3.63) is 23.9 Å². The van der Waals surface area contributed by atoms with Crippen molar-refractivity contribution >= 4 is 11.8 Å². The molecule has 7 nitrogen and oxygen atoms in total. The number of amides is 2. The summed E-state index contributed by atoms with van der Waals surface area (Å²) < 4.78 is 5.77. The van der Waals surface area contributed by atoms with Crippen molar-refractivity contribution in [3.63, 3.8) is 0 Å². The van der Waals surface area contributed by atoms with Gasteiger partial charge in [0.15, 0.2) is 0 Å². The zero-order valence-corrected chi connectivity index (χ0v) is 16.1. The highest BCUT2D eigenvalue weighted by molar-refractivity contribution is 5.74. The number of ether oxygens (including phenoxy) is 1. The molecule has 2 atom stereocenters. The van der Waals surface area contributed by atoms with Gasteiger partial charge in [0, 0.05) is 31.9 Å². The zero-order chi connectivity index (χ0) is 18.5. The van der Waals surface area contributed by atoms with Crippen LogP contribution in [0.2, 0.25) is 0 Å². The zero-order valence-electron chi connectivity index (χ0n) is 16.1. The molecule has 144 valence electrons. The fourth-order valence-electron chi connectivity index (χ4n) is 3.64. The van der Waals surface area contributed by atoms with Gasteiger partial charge in [-0.1, -0.05) is 6.07 Å². The second kappa shape index (κ2) is 8.68. The van der Waals surface area contributed by atoms with Crippen LogP contribution in [-0.4, -0.2) is 67.4 Å². The van der Waals surface area contributed by atoms with E-state index in [0.29, 0.717) is 6.54 Å². The highest BCUT2D eigenvalue weighted by atomic mass is 16.5. The molecule has 2 aliphatic rings. The van der Waals surface area contributed by atoms with Gasteiger partial charge in [-0.15, -0.1) is 0 Å². The lowest BCUT2D eigenvalue weighted by atomic mass is 10.1. The second-order valence-electron chi connectivity index (χ2n) is 7.59. The molecule has 0 aliphatic carbocycles. The van der Waals surface area contributed by atoms with Crippen LogP contribution >= 0.6 is 0 Å². The number of hydrogen-bond donors (Lipinski definition) is 2. The number of nitrogens with zero attached hydrogens (tertiary/aromatic N) is 3. The number of rotatable bonds is 4. The van der Waals surface area contributed by atoms with Crippen LogP contribution in [0.5, 0.6) is 0 Å². The van der Waals surface area contributed by atoms with E-state index in [1.807, 2.05) is 18.3 Å². The van der Waals surface area contributed by atoms with E-state index < -0.39 is 0 Å². The van der Waals surface area contributed by atoms with E-state index in [-0.39, 0.29) is 24.3 Å². The monoisotopic (exact) mass is 361 g/mol. The molecular weight excluding hydrogens is 330 g/mol. The van der Waals surface area contributed by atoms with Crippen molar-refractivity contribution in [2.45, 2.75) is 51.5 Å². The Morgan fingerprint density at radius 2 is 1.92 bits per heavy atom. The maximum absolute atomic E-state index is 12.1. The molecule has 1 aromatic heterocycles. The van der Waals surface area contributed by atoms with E-state index in [2.05, 4.69) is 46.3 Å². The Kier molecular flexibility index (Phi) is 6.32. The molecule has 3 heterocycles. The quantitative estimate of drug-likeness (QED) is 0.852. The molecule has 2 amide bonds. The van der Waals surface area contributed by atoms with Gasteiger partial charge in [0.2, 0.25) is 0 Å². The molecule has 2 unspecified atom stereocenters. The number of piperidine rings is 1. The molecule has 3 rings (SSSR count). The summed E-state index contributed by atoms with van der Waals surface area (Å²) in [4.78, 5) is 21.2. The largest absolute Gasteiger partial charge is 0.372 e. The van der Waals surface area contributed by atoms with Crippen LogP contribution < -0.4 is 15.5 Å². The fraction of sp³-hybridized carbons (Fsp3) is 0.684. The summed E-state index contributed by atoms with van der Waals surface area (Å²) in [5.41, 5.74) is 1.00. The van der Waals surface area contributed by atoms with Crippen LogP contribution in [-0.2, 0) is 11.3 Å². The molecule has 0 saturated carbocycles. The first-order chi connectivity index (χ1) is 12.5. The lowest BCUT2D eigenvalue weighted by Crippen LogP contribution is -2.47. The summed E-state index contributed by atoms with van der Waals surface area (Å²) in [6.07, 6.45) is 4.29. The number of likely N-dealkylation sites (tertiary alicyclic amines) is 1.